The van der Waals surface area contributed by atoms with Crippen LogP contribution in [0.2, 0.25) is 5.02 Å². The second kappa shape index (κ2) is 8.93. The highest BCUT2D eigenvalue weighted by Gasteiger charge is 2.23. The Labute approximate surface area is 157 Å². The van der Waals surface area contributed by atoms with Crippen molar-refractivity contribution in [2.24, 2.45) is 0 Å². The van der Waals surface area contributed by atoms with E-state index in [1.165, 1.54) is 0 Å². The first-order valence-electron chi connectivity index (χ1n) is 8.44. The Morgan fingerprint density at radius 3 is 2.81 bits per heavy atom. The largest absolute Gasteiger partial charge is 0.468 e. The highest BCUT2D eigenvalue weighted by atomic mass is 35.5. The van der Waals surface area contributed by atoms with Gasteiger partial charge in [0.25, 0.3) is 0 Å². The molecule has 8 heteroatoms. The second-order valence-corrected chi connectivity index (χ2v) is 6.41. The quantitative estimate of drug-likeness (QED) is 0.571. The standard InChI is InChI=1S/C18H22ClN5O2/c1-14(18-20-21-22-24(18)9-11-25-2)23(13-16-7-5-10-26-16)12-15-6-3-4-8-17(15)19/h3-8,10,14H,9,11-13H2,1-2H3. The van der Waals surface area contributed by atoms with Crippen LogP contribution in [0, 0.1) is 0 Å². The third kappa shape index (κ3) is 4.49. The van der Waals surface area contributed by atoms with Crippen molar-refractivity contribution in [3.05, 3.63) is 64.8 Å². The van der Waals surface area contributed by atoms with Crippen LogP contribution in [0.25, 0.3) is 0 Å². The van der Waals surface area contributed by atoms with E-state index < -0.39 is 0 Å². The van der Waals surface area contributed by atoms with Crippen LogP contribution >= 0.6 is 11.6 Å². The first-order chi connectivity index (χ1) is 12.7. The number of methoxy groups -OCH3 is 1. The zero-order chi connectivity index (χ0) is 18.4. The molecule has 0 aliphatic carbocycles. The van der Waals surface area contributed by atoms with Gasteiger partial charge in [0.15, 0.2) is 5.82 Å². The maximum absolute atomic E-state index is 6.37. The summed E-state index contributed by atoms with van der Waals surface area (Å²) >= 11 is 6.37. The number of nitrogens with zero attached hydrogens (tertiary/aromatic N) is 5. The van der Waals surface area contributed by atoms with Gasteiger partial charge in [-0.15, -0.1) is 5.10 Å². The molecule has 1 aromatic carbocycles. The normalized spacial score (nSPS) is 12.6. The maximum Gasteiger partial charge on any atom is 0.168 e. The fraction of sp³-hybridized carbons (Fsp3) is 0.389. The van der Waals surface area contributed by atoms with Crippen LogP contribution in [0.3, 0.4) is 0 Å². The lowest BCUT2D eigenvalue weighted by Crippen LogP contribution is -2.29. The molecule has 26 heavy (non-hydrogen) atoms. The number of hydrogen-bond acceptors (Lipinski definition) is 6. The molecule has 0 amide bonds. The van der Waals surface area contributed by atoms with Crippen LogP contribution < -0.4 is 0 Å². The molecule has 138 valence electrons. The molecule has 0 fully saturated rings. The fourth-order valence-electron chi connectivity index (χ4n) is 2.79. The third-order valence-electron chi connectivity index (χ3n) is 4.26. The SMILES string of the molecule is COCCn1nnnc1C(C)N(Cc1ccco1)Cc1ccccc1Cl. The van der Waals surface area contributed by atoms with Gasteiger partial charge in [0.05, 0.1) is 32.0 Å². The topological polar surface area (TPSA) is 69.2 Å². The molecule has 3 aromatic rings. The van der Waals surface area contributed by atoms with Crippen molar-refractivity contribution in [3.63, 3.8) is 0 Å². The minimum absolute atomic E-state index is 0.0387. The predicted octanol–water partition coefficient (Wildman–Crippen LogP) is 3.33. The molecule has 2 aromatic heterocycles. The van der Waals surface area contributed by atoms with E-state index in [-0.39, 0.29) is 6.04 Å². The van der Waals surface area contributed by atoms with Gasteiger partial charge in [0, 0.05) is 18.7 Å². The number of rotatable bonds is 9. The lowest BCUT2D eigenvalue weighted by Gasteiger charge is -2.28. The molecule has 1 atom stereocenters. The van der Waals surface area contributed by atoms with E-state index in [1.54, 1.807) is 18.1 Å². The predicted molar refractivity (Wildman–Crippen MR) is 97.5 cm³/mol. The van der Waals surface area contributed by atoms with Gasteiger partial charge in [-0.25, -0.2) is 4.68 Å². The molecular weight excluding hydrogens is 354 g/mol. The first-order valence-corrected chi connectivity index (χ1v) is 8.81. The highest BCUT2D eigenvalue weighted by Crippen LogP contribution is 2.25. The van der Waals surface area contributed by atoms with Crippen molar-refractivity contribution in [1.82, 2.24) is 25.1 Å². The van der Waals surface area contributed by atoms with E-state index in [4.69, 9.17) is 20.8 Å². The van der Waals surface area contributed by atoms with Gasteiger partial charge in [0.1, 0.15) is 5.76 Å². The Morgan fingerprint density at radius 2 is 2.08 bits per heavy atom. The molecular formula is C18H22ClN5O2. The van der Waals surface area contributed by atoms with Gasteiger partial charge in [-0.05, 0) is 41.1 Å². The van der Waals surface area contributed by atoms with Gasteiger partial charge in [-0.3, -0.25) is 4.90 Å². The first kappa shape index (κ1) is 18.6. The third-order valence-corrected chi connectivity index (χ3v) is 4.63. The number of benzene rings is 1. The minimum Gasteiger partial charge on any atom is -0.468 e. The summed E-state index contributed by atoms with van der Waals surface area (Å²) < 4.78 is 12.5. The van der Waals surface area contributed by atoms with Crippen LogP contribution in [0.1, 0.15) is 30.1 Å². The molecule has 0 aliphatic heterocycles. The van der Waals surface area contributed by atoms with Crippen LogP contribution in [0.4, 0.5) is 0 Å². The molecule has 0 radical (unpaired) electrons. The molecule has 3 rings (SSSR count). The zero-order valence-electron chi connectivity index (χ0n) is 14.9. The number of ether oxygens (including phenoxy) is 1. The van der Waals surface area contributed by atoms with Gasteiger partial charge in [-0.1, -0.05) is 29.8 Å². The molecule has 0 saturated carbocycles. The average molecular weight is 376 g/mol. The Morgan fingerprint density at radius 1 is 1.23 bits per heavy atom. The highest BCUT2D eigenvalue weighted by molar-refractivity contribution is 6.31. The van der Waals surface area contributed by atoms with Crippen LogP contribution in [0.15, 0.2) is 47.1 Å². The molecule has 0 saturated heterocycles. The fourth-order valence-corrected chi connectivity index (χ4v) is 2.98. The van der Waals surface area contributed by atoms with Crippen molar-refractivity contribution < 1.29 is 9.15 Å². The summed E-state index contributed by atoms with van der Waals surface area (Å²) in [5.41, 5.74) is 1.04. The molecule has 7 nitrogen and oxygen atoms in total. The monoisotopic (exact) mass is 375 g/mol. The van der Waals surface area contributed by atoms with Crippen molar-refractivity contribution in [1.29, 1.82) is 0 Å². The summed E-state index contributed by atoms with van der Waals surface area (Å²) in [4.78, 5) is 2.23. The number of aromatic nitrogens is 4. The Hall–Kier alpha value is -2.22. The number of halogens is 1. The minimum atomic E-state index is -0.0387. The van der Waals surface area contributed by atoms with Crippen molar-refractivity contribution >= 4 is 11.6 Å². The number of hydrogen-bond donors (Lipinski definition) is 0. The summed E-state index contributed by atoms with van der Waals surface area (Å²) in [5, 5.41) is 12.9. The van der Waals surface area contributed by atoms with Crippen LogP contribution in [-0.4, -0.2) is 38.8 Å². The number of tetrazole rings is 1. The molecule has 0 N–H and O–H groups in total. The van der Waals surface area contributed by atoms with Crippen molar-refractivity contribution in [3.8, 4) is 0 Å². The van der Waals surface area contributed by atoms with Crippen molar-refractivity contribution in [2.75, 3.05) is 13.7 Å². The lowest BCUT2D eigenvalue weighted by molar-refractivity contribution is 0.155. The lowest BCUT2D eigenvalue weighted by atomic mass is 10.1. The summed E-state index contributed by atoms with van der Waals surface area (Å²) in [6.07, 6.45) is 1.68. The smallest absolute Gasteiger partial charge is 0.168 e. The van der Waals surface area contributed by atoms with Gasteiger partial charge in [-0.2, -0.15) is 0 Å². The van der Waals surface area contributed by atoms with Crippen LogP contribution in [0.5, 0.6) is 0 Å². The van der Waals surface area contributed by atoms with E-state index in [0.29, 0.717) is 26.2 Å². The molecule has 2 heterocycles. The van der Waals surface area contributed by atoms with E-state index >= 15 is 0 Å². The average Bonchev–Trinajstić information content (AvgIpc) is 3.32. The second-order valence-electron chi connectivity index (χ2n) is 6.00. The maximum atomic E-state index is 6.37. The Kier molecular flexibility index (Phi) is 6.38. The van der Waals surface area contributed by atoms with Crippen molar-refractivity contribution in [2.45, 2.75) is 32.6 Å². The Bertz CT molecular complexity index is 806. The summed E-state index contributed by atoms with van der Waals surface area (Å²) in [6.45, 7) is 4.50. The zero-order valence-corrected chi connectivity index (χ0v) is 15.6. The van der Waals surface area contributed by atoms with Crippen LogP contribution in [-0.2, 0) is 24.4 Å². The van der Waals surface area contributed by atoms with E-state index in [1.807, 2.05) is 36.4 Å². The van der Waals surface area contributed by atoms with E-state index in [9.17, 15) is 0 Å². The molecule has 0 bridgehead atoms. The summed E-state index contributed by atoms with van der Waals surface area (Å²) in [7, 11) is 1.66. The molecule has 0 spiro atoms. The molecule has 0 aliphatic rings. The summed E-state index contributed by atoms with van der Waals surface area (Å²) in [6, 6.07) is 11.6. The van der Waals surface area contributed by atoms with E-state index in [2.05, 4.69) is 27.3 Å². The van der Waals surface area contributed by atoms with Gasteiger partial charge in [0.2, 0.25) is 0 Å². The number of furan rings is 1. The Balaban J connectivity index is 1.84. The van der Waals surface area contributed by atoms with E-state index in [0.717, 1.165) is 22.2 Å². The van der Waals surface area contributed by atoms with Gasteiger partial charge < -0.3 is 9.15 Å². The van der Waals surface area contributed by atoms with Gasteiger partial charge >= 0.3 is 0 Å². The molecule has 1 unspecified atom stereocenters. The summed E-state index contributed by atoms with van der Waals surface area (Å²) in [5.74, 6) is 1.65.